The van der Waals surface area contributed by atoms with E-state index in [-0.39, 0.29) is 0 Å². The van der Waals surface area contributed by atoms with E-state index in [9.17, 15) is 0 Å². The van der Waals surface area contributed by atoms with Crippen molar-refractivity contribution in [3.63, 3.8) is 0 Å². The lowest BCUT2D eigenvalue weighted by Crippen LogP contribution is -1.91. The second-order valence-electron chi connectivity index (χ2n) is 20.5. The third-order valence-electron chi connectivity index (χ3n) is 13.0. The molecule has 0 spiro atoms. The Kier molecular flexibility index (Phi) is 23.0. The maximum Gasteiger partial charge on any atom is 0.178 e. The molecule has 0 N–H and O–H groups in total. The van der Waals surface area contributed by atoms with Crippen molar-refractivity contribution in [2.45, 2.75) is 41.5 Å². The Morgan fingerprint density at radius 2 is 0.556 bits per heavy atom. The molecule has 0 atom stereocenters. The van der Waals surface area contributed by atoms with Crippen LogP contribution in [0.25, 0.3) is 90.6 Å². The van der Waals surface area contributed by atoms with Crippen LogP contribution in [0.4, 0.5) is 0 Å². The molecule has 10 heterocycles. The number of pyridine rings is 6. The van der Waals surface area contributed by atoms with Crippen molar-refractivity contribution in [2.24, 2.45) is 0 Å². The number of benzene rings is 4. The molecule has 90 heavy (non-hydrogen) atoms. The molecule has 440 valence electrons. The third-order valence-corrected chi connectivity index (χ3v) is 13.0. The lowest BCUT2D eigenvalue weighted by atomic mass is 10.0. The first-order chi connectivity index (χ1) is 44.1. The average Bonchev–Trinajstić information content (AvgIpc) is 2.28. The van der Waals surface area contributed by atoms with Gasteiger partial charge in [-0.05, 0) is 159 Å². The molecule has 14 nitrogen and oxygen atoms in total. The second-order valence-corrected chi connectivity index (χ2v) is 20.5. The number of aromatic nitrogens is 14. The molecule has 0 aliphatic heterocycles. The summed E-state index contributed by atoms with van der Waals surface area (Å²) in [6.07, 6.45) is 24.9. The third kappa shape index (κ3) is 19.6. The van der Waals surface area contributed by atoms with Crippen LogP contribution in [-0.2, 0) is 0 Å². The number of rotatable bonds is 8. The lowest BCUT2D eigenvalue weighted by Gasteiger charge is -2.07. The summed E-state index contributed by atoms with van der Waals surface area (Å²) >= 11 is 0. The van der Waals surface area contributed by atoms with Crippen LogP contribution < -0.4 is 0 Å². The minimum atomic E-state index is 0.672. The summed E-state index contributed by atoms with van der Waals surface area (Å²) in [5.74, 6) is 2.92. The summed E-state index contributed by atoms with van der Waals surface area (Å²) in [5.41, 5.74) is 18.9. The minimum Gasteiger partial charge on any atom is -0.265 e. The monoisotopic (exact) mass is 1170 g/mol. The molecular weight excluding hydrogens is 1110 g/mol. The highest BCUT2D eigenvalue weighted by molar-refractivity contribution is 5.72. The molecule has 4 aromatic carbocycles. The predicted molar refractivity (Wildman–Crippen MR) is 360 cm³/mol. The van der Waals surface area contributed by atoms with Crippen molar-refractivity contribution in [3.8, 4) is 90.6 Å². The van der Waals surface area contributed by atoms with Crippen molar-refractivity contribution in [3.05, 3.63) is 327 Å². The largest absolute Gasteiger partial charge is 0.265 e. The molecule has 14 heteroatoms. The quantitative estimate of drug-likeness (QED) is 0.140. The number of nitrogens with zero attached hydrogens (tertiary/aromatic N) is 14. The Bertz CT molecular complexity index is 3770. The molecule has 0 bridgehead atoms. The van der Waals surface area contributed by atoms with Gasteiger partial charge in [-0.25, -0.2) is 39.9 Å². The van der Waals surface area contributed by atoms with Gasteiger partial charge in [-0.1, -0.05) is 133 Å². The summed E-state index contributed by atoms with van der Waals surface area (Å²) in [6, 6.07) is 68.6. The van der Waals surface area contributed by atoms with E-state index >= 15 is 0 Å². The zero-order valence-electron chi connectivity index (χ0n) is 51.0. The van der Waals surface area contributed by atoms with Gasteiger partial charge in [0.15, 0.2) is 23.3 Å². The molecule has 0 radical (unpaired) electrons. The van der Waals surface area contributed by atoms with E-state index < -0.39 is 0 Å². The highest BCUT2D eigenvalue weighted by Gasteiger charge is 2.08. The molecule has 0 amide bonds. The van der Waals surface area contributed by atoms with E-state index in [1.54, 1.807) is 62.0 Å². The number of aryl methyl sites for hydroxylation is 6. The van der Waals surface area contributed by atoms with E-state index in [0.717, 1.165) is 96.1 Å². The van der Waals surface area contributed by atoms with Crippen LogP contribution in [0.3, 0.4) is 0 Å². The van der Waals surface area contributed by atoms with Gasteiger partial charge in [0.1, 0.15) is 5.69 Å². The van der Waals surface area contributed by atoms with Gasteiger partial charge in [-0.15, -0.1) is 0 Å². The first-order valence-electron chi connectivity index (χ1n) is 29.1. The van der Waals surface area contributed by atoms with Crippen molar-refractivity contribution < 1.29 is 0 Å². The first kappa shape index (κ1) is 62.6. The average molecular weight is 1180 g/mol. The minimum absolute atomic E-state index is 0.672. The Morgan fingerprint density at radius 1 is 0.200 bits per heavy atom. The van der Waals surface area contributed by atoms with E-state index in [0.29, 0.717) is 5.82 Å². The van der Waals surface area contributed by atoms with Gasteiger partial charge in [-0.3, -0.25) is 29.9 Å². The highest BCUT2D eigenvalue weighted by atomic mass is 14.9. The Balaban J connectivity index is 0.000000129. The summed E-state index contributed by atoms with van der Waals surface area (Å²) in [6.45, 7) is 11.9. The van der Waals surface area contributed by atoms with Crippen LogP contribution in [-0.4, -0.2) is 69.8 Å². The predicted octanol–water partition coefficient (Wildman–Crippen LogP) is 16.8. The first-order valence-corrected chi connectivity index (χ1v) is 29.1. The van der Waals surface area contributed by atoms with Gasteiger partial charge in [0.25, 0.3) is 0 Å². The molecule has 14 aromatic rings. The van der Waals surface area contributed by atoms with Crippen molar-refractivity contribution in [1.82, 2.24) is 69.8 Å². The molecular formula is C76H66N14. The van der Waals surface area contributed by atoms with Crippen LogP contribution in [0.1, 0.15) is 33.6 Å². The summed E-state index contributed by atoms with van der Waals surface area (Å²) in [7, 11) is 0. The van der Waals surface area contributed by atoms with Gasteiger partial charge in [0, 0.05) is 120 Å². The number of hydrogen-bond donors (Lipinski definition) is 0. The molecule has 0 aliphatic carbocycles. The van der Waals surface area contributed by atoms with Gasteiger partial charge in [-0.2, -0.15) is 0 Å². The fourth-order valence-corrected chi connectivity index (χ4v) is 8.56. The Hall–Kier alpha value is -11.9. The van der Waals surface area contributed by atoms with Crippen molar-refractivity contribution in [2.75, 3.05) is 0 Å². The molecule has 10 aromatic heterocycles. The summed E-state index contributed by atoms with van der Waals surface area (Å²) < 4.78 is 0. The van der Waals surface area contributed by atoms with Crippen LogP contribution in [0.5, 0.6) is 0 Å². The van der Waals surface area contributed by atoms with Gasteiger partial charge < -0.3 is 0 Å². The fourth-order valence-electron chi connectivity index (χ4n) is 8.56. The fraction of sp³-hybridized carbons (Fsp3) is 0.0789. The van der Waals surface area contributed by atoms with E-state index in [2.05, 4.69) is 143 Å². The molecule has 0 saturated carbocycles. The molecule has 0 saturated heterocycles. The van der Waals surface area contributed by atoms with E-state index in [1.165, 1.54) is 22.3 Å². The van der Waals surface area contributed by atoms with Crippen molar-refractivity contribution >= 4 is 0 Å². The SMILES string of the molecule is Cc1cc(-c2ccccc2)cc(-c2ccccc2)n1.Cc1cc(-c2ccccc2)cc(-c2ccccn2)n1.Cc1cnc(-c2ccccc2)nc1.Cc1cnc(-c2ccccn2)nc1.Cc1cnc(-c2cccnc2)nc1.Cc1cnc(-c2ccncc2)nc1. The molecule has 14 rings (SSSR count). The number of hydrogen-bond acceptors (Lipinski definition) is 14. The maximum atomic E-state index is 4.63. The maximum absolute atomic E-state index is 4.63. The topological polar surface area (TPSA) is 180 Å². The zero-order valence-corrected chi connectivity index (χ0v) is 51.0. The Morgan fingerprint density at radius 3 is 0.978 bits per heavy atom. The van der Waals surface area contributed by atoms with E-state index in [1.807, 2.05) is 200 Å². The van der Waals surface area contributed by atoms with Crippen LogP contribution in [0.2, 0.25) is 0 Å². The summed E-state index contributed by atoms with van der Waals surface area (Å²) in [5, 5.41) is 0. The smallest absolute Gasteiger partial charge is 0.178 e. The Labute approximate surface area is 525 Å². The second kappa shape index (κ2) is 33.1. The lowest BCUT2D eigenvalue weighted by molar-refractivity contribution is 1.11. The van der Waals surface area contributed by atoms with Crippen LogP contribution in [0, 0.1) is 41.5 Å². The standard InChI is InChI=1S/C18H15N.C17H14N2.C11H10N2.3C10H9N3/c1-14-12-17(15-8-4-2-5-9-15)13-18(19-14)16-10-6-3-7-11-16;1-13-11-15(14-7-3-2-4-8-14)12-17(19-13)16-9-5-6-10-18-16;1-9-7-12-11(13-8-9)10-5-3-2-4-6-10;1-8-6-12-10(13-7-8)9-2-4-11-5-3-9;1-8-5-12-10(13-6-8)9-3-2-4-11-7-9;1-8-6-12-10(13-7-8)9-4-2-3-5-11-9/h2-13H,1H3;2-12H,1H3;2-8H,1H3;3*2-7H,1H3. The highest BCUT2D eigenvalue weighted by Crippen LogP contribution is 2.27. The zero-order chi connectivity index (χ0) is 62.5. The molecule has 0 unspecified atom stereocenters. The van der Waals surface area contributed by atoms with E-state index in [4.69, 9.17) is 0 Å². The van der Waals surface area contributed by atoms with Gasteiger partial charge in [0.05, 0.1) is 17.1 Å². The van der Waals surface area contributed by atoms with Crippen LogP contribution >= 0.6 is 0 Å². The summed E-state index contributed by atoms with van der Waals surface area (Å²) in [4.78, 5) is 59.3. The molecule has 0 aliphatic rings. The van der Waals surface area contributed by atoms with Crippen molar-refractivity contribution in [1.29, 1.82) is 0 Å². The van der Waals surface area contributed by atoms with Gasteiger partial charge in [0.2, 0.25) is 0 Å². The van der Waals surface area contributed by atoms with Crippen LogP contribution in [0.15, 0.2) is 293 Å². The normalized spacial score (nSPS) is 10.1. The van der Waals surface area contributed by atoms with Gasteiger partial charge >= 0.3 is 0 Å². The molecule has 0 fully saturated rings.